The highest BCUT2D eigenvalue weighted by Gasteiger charge is 2.31. The van der Waals surface area contributed by atoms with Gasteiger partial charge in [-0.25, -0.2) is 9.59 Å². The average Bonchev–Trinajstić information content (AvgIpc) is 2.36. The maximum atomic E-state index is 12.0. The number of urea groups is 1. The van der Waals surface area contributed by atoms with Gasteiger partial charge in [0.05, 0.1) is 0 Å². The van der Waals surface area contributed by atoms with Gasteiger partial charge in [-0.2, -0.15) is 0 Å². The highest BCUT2D eigenvalue weighted by atomic mass is 19.4. The van der Waals surface area contributed by atoms with E-state index in [-0.39, 0.29) is 11.6 Å². The summed E-state index contributed by atoms with van der Waals surface area (Å²) in [6.07, 6.45) is -4.79. The van der Waals surface area contributed by atoms with Crippen LogP contribution in [0.5, 0.6) is 5.75 Å². The summed E-state index contributed by atoms with van der Waals surface area (Å²) < 4.78 is 39.7. The Morgan fingerprint density at radius 3 is 2.14 bits per heavy atom. The second kappa shape index (κ2) is 7.01. The highest BCUT2D eigenvalue weighted by Crippen LogP contribution is 2.23. The Morgan fingerprint density at radius 1 is 1.18 bits per heavy atom. The number of benzene rings is 1. The minimum atomic E-state index is -4.79. The molecule has 0 aliphatic heterocycles. The molecule has 0 unspecified atom stereocenters. The predicted molar refractivity (Wildman–Crippen MR) is 71.5 cm³/mol. The summed E-state index contributed by atoms with van der Waals surface area (Å²) in [5, 5.41) is 13.5. The van der Waals surface area contributed by atoms with Crippen LogP contribution in [-0.4, -0.2) is 29.5 Å². The van der Waals surface area contributed by atoms with E-state index in [1.54, 1.807) is 13.8 Å². The normalized spacial score (nSPS) is 12.6. The quantitative estimate of drug-likeness (QED) is 0.778. The molecule has 0 aliphatic carbocycles. The first-order valence-electron chi connectivity index (χ1n) is 6.24. The van der Waals surface area contributed by atoms with E-state index in [0.29, 0.717) is 0 Å². The number of aliphatic carboxylic acids is 1. The fourth-order valence-electron chi connectivity index (χ4n) is 1.56. The minimum absolute atomic E-state index is 0.194. The molecule has 1 aromatic carbocycles. The van der Waals surface area contributed by atoms with Crippen molar-refractivity contribution in [1.29, 1.82) is 0 Å². The third-order valence-electron chi connectivity index (χ3n) is 2.57. The van der Waals surface area contributed by atoms with Gasteiger partial charge < -0.3 is 20.5 Å². The molecule has 0 saturated carbocycles. The Morgan fingerprint density at radius 2 is 1.73 bits per heavy atom. The lowest BCUT2D eigenvalue weighted by molar-refractivity contribution is -0.274. The Balaban J connectivity index is 2.63. The number of hydrogen-bond donors (Lipinski definition) is 3. The van der Waals surface area contributed by atoms with Crippen LogP contribution in [0.15, 0.2) is 24.3 Å². The van der Waals surface area contributed by atoms with E-state index in [0.717, 1.165) is 12.1 Å². The van der Waals surface area contributed by atoms with Crippen molar-refractivity contribution in [2.45, 2.75) is 26.3 Å². The van der Waals surface area contributed by atoms with Crippen molar-refractivity contribution in [1.82, 2.24) is 5.32 Å². The van der Waals surface area contributed by atoms with E-state index < -0.39 is 30.2 Å². The number of alkyl halides is 3. The van der Waals surface area contributed by atoms with Gasteiger partial charge >= 0.3 is 18.4 Å². The molecule has 0 spiro atoms. The van der Waals surface area contributed by atoms with Crippen molar-refractivity contribution in [3.8, 4) is 5.75 Å². The Labute approximate surface area is 124 Å². The van der Waals surface area contributed by atoms with Crippen molar-refractivity contribution >= 4 is 17.7 Å². The van der Waals surface area contributed by atoms with Crippen LogP contribution in [0.3, 0.4) is 0 Å². The number of carboxylic acids is 1. The molecule has 1 aromatic rings. The smallest absolute Gasteiger partial charge is 0.480 e. The van der Waals surface area contributed by atoms with Crippen molar-refractivity contribution < 1.29 is 32.6 Å². The van der Waals surface area contributed by atoms with Gasteiger partial charge in [-0.05, 0) is 30.2 Å². The average molecular weight is 320 g/mol. The number of ether oxygens (including phenoxy) is 1. The summed E-state index contributed by atoms with van der Waals surface area (Å²) in [5.41, 5.74) is 0.194. The molecule has 1 rings (SSSR count). The van der Waals surface area contributed by atoms with Gasteiger partial charge in [0.25, 0.3) is 0 Å². The highest BCUT2D eigenvalue weighted by molar-refractivity contribution is 5.92. The minimum Gasteiger partial charge on any atom is -0.480 e. The van der Waals surface area contributed by atoms with E-state index in [1.807, 2.05) is 0 Å². The van der Waals surface area contributed by atoms with Gasteiger partial charge in [0, 0.05) is 5.69 Å². The van der Waals surface area contributed by atoms with Crippen molar-refractivity contribution in [3.63, 3.8) is 0 Å². The molecular formula is C13H15F3N2O4. The molecule has 1 atom stereocenters. The SMILES string of the molecule is CC(C)[C@H](NC(=O)Nc1ccc(OC(F)(F)F)cc1)C(=O)O. The van der Waals surface area contributed by atoms with Gasteiger partial charge in [-0.15, -0.1) is 13.2 Å². The summed E-state index contributed by atoms with van der Waals surface area (Å²) in [4.78, 5) is 22.6. The largest absolute Gasteiger partial charge is 0.573 e. The number of anilines is 1. The van der Waals surface area contributed by atoms with Crippen LogP contribution >= 0.6 is 0 Å². The lowest BCUT2D eigenvalue weighted by Gasteiger charge is -2.18. The summed E-state index contributed by atoms with van der Waals surface area (Å²) in [6, 6.07) is 2.61. The monoisotopic (exact) mass is 320 g/mol. The van der Waals surface area contributed by atoms with Gasteiger partial charge in [0.1, 0.15) is 11.8 Å². The second-order valence-corrected chi connectivity index (χ2v) is 4.73. The fraction of sp³-hybridized carbons (Fsp3) is 0.385. The number of carbonyl (C=O) groups excluding carboxylic acids is 1. The van der Waals surface area contributed by atoms with Crippen LogP contribution in [0.2, 0.25) is 0 Å². The third-order valence-corrected chi connectivity index (χ3v) is 2.57. The summed E-state index contributed by atoms with van der Waals surface area (Å²) in [6.45, 7) is 3.25. The maximum Gasteiger partial charge on any atom is 0.573 e. The number of carboxylic acid groups (broad SMARTS) is 1. The first-order valence-corrected chi connectivity index (χ1v) is 6.24. The summed E-state index contributed by atoms with van der Waals surface area (Å²) >= 11 is 0. The maximum absolute atomic E-state index is 12.0. The number of nitrogens with one attached hydrogen (secondary N) is 2. The van der Waals surface area contributed by atoms with E-state index in [9.17, 15) is 22.8 Å². The van der Waals surface area contributed by atoms with Crippen molar-refractivity contribution in [2.24, 2.45) is 5.92 Å². The number of rotatable bonds is 5. The molecule has 0 saturated heterocycles. The summed E-state index contributed by atoms with van der Waals surface area (Å²) in [7, 11) is 0. The molecule has 0 bridgehead atoms. The van der Waals surface area contributed by atoms with Gasteiger partial charge in [0.2, 0.25) is 0 Å². The molecular weight excluding hydrogens is 305 g/mol. The summed E-state index contributed by atoms with van der Waals surface area (Å²) in [5.74, 6) is -1.94. The lowest BCUT2D eigenvalue weighted by atomic mass is 10.1. The van der Waals surface area contributed by atoms with E-state index in [4.69, 9.17) is 5.11 Å². The van der Waals surface area contributed by atoms with Crippen LogP contribution in [0.25, 0.3) is 0 Å². The van der Waals surface area contributed by atoms with Crippen LogP contribution in [0.4, 0.5) is 23.7 Å². The predicted octanol–water partition coefficient (Wildman–Crippen LogP) is 2.82. The third kappa shape index (κ3) is 5.90. The molecule has 122 valence electrons. The second-order valence-electron chi connectivity index (χ2n) is 4.73. The van der Waals surface area contributed by atoms with Gasteiger partial charge in [0.15, 0.2) is 0 Å². The van der Waals surface area contributed by atoms with Crippen LogP contribution < -0.4 is 15.4 Å². The zero-order valence-corrected chi connectivity index (χ0v) is 11.8. The standard InChI is InChI=1S/C13H15F3N2O4/c1-7(2)10(11(19)20)18-12(21)17-8-3-5-9(6-4-8)22-13(14,15)16/h3-7,10H,1-2H3,(H,19,20)(H2,17,18,21)/t10-/m0/s1. The Hall–Kier alpha value is -2.45. The van der Waals surface area contributed by atoms with Gasteiger partial charge in [-0.1, -0.05) is 13.8 Å². The lowest BCUT2D eigenvalue weighted by Crippen LogP contribution is -2.46. The number of halogens is 3. The first kappa shape index (κ1) is 17.6. The molecule has 0 aliphatic rings. The molecule has 0 heterocycles. The Bertz CT molecular complexity index is 529. The van der Waals surface area contributed by atoms with Gasteiger partial charge in [-0.3, -0.25) is 0 Å². The van der Waals surface area contributed by atoms with Crippen LogP contribution in [-0.2, 0) is 4.79 Å². The fourth-order valence-corrected chi connectivity index (χ4v) is 1.56. The van der Waals surface area contributed by atoms with Crippen LogP contribution in [0, 0.1) is 5.92 Å². The van der Waals surface area contributed by atoms with Crippen molar-refractivity contribution in [2.75, 3.05) is 5.32 Å². The first-order chi connectivity index (χ1) is 10.1. The molecule has 0 radical (unpaired) electrons. The Kier molecular flexibility index (Phi) is 5.61. The van der Waals surface area contributed by atoms with E-state index in [1.165, 1.54) is 12.1 Å². The molecule has 22 heavy (non-hydrogen) atoms. The van der Waals surface area contributed by atoms with Crippen molar-refractivity contribution in [3.05, 3.63) is 24.3 Å². The number of amides is 2. The van der Waals surface area contributed by atoms with Crippen LogP contribution in [0.1, 0.15) is 13.8 Å². The molecule has 6 nitrogen and oxygen atoms in total. The van der Waals surface area contributed by atoms with E-state index in [2.05, 4.69) is 15.4 Å². The van der Waals surface area contributed by atoms with E-state index >= 15 is 0 Å². The molecule has 3 N–H and O–H groups in total. The zero-order chi connectivity index (χ0) is 16.9. The number of hydrogen-bond acceptors (Lipinski definition) is 3. The topological polar surface area (TPSA) is 87.7 Å². The molecule has 0 fully saturated rings. The molecule has 2 amide bonds. The molecule has 0 aromatic heterocycles. The molecule has 9 heteroatoms. The zero-order valence-electron chi connectivity index (χ0n) is 11.8. The number of carbonyl (C=O) groups is 2.